The summed E-state index contributed by atoms with van der Waals surface area (Å²) in [5, 5.41) is 9.08. The van der Waals surface area contributed by atoms with Crippen molar-refractivity contribution < 1.29 is 14.7 Å². The van der Waals surface area contributed by atoms with E-state index in [1.807, 2.05) is 23.1 Å². The van der Waals surface area contributed by atoms with Crippen LogP contribution in [0, 0.1) is 5.92 Å². The summed E-state index contributed by atoms with van der Waals surface area (Å²) in [5.74, 6) is -0.311. The monoisotopic (exact) mass is 338 g/mol. The van der Waals surface area contributed by atoms with Crippen molar-refractivity contribution in [3.63, 3.8) is 0 Å². The molecule has 5 nitrogen and oxygen atoms in total. The van der Waals surface area contributed by atoms with E-state index in [1.165, 1.54) is 0 Å². The van der Waals surface area contributed by atoms with Crippen LogP contribution in [0.25, 0.3) is 0 Å². The number of carbonyl (C=O) groups excluding carboxylic acids is 1. The molecule has 1 atom stereocenters. The Bertz CT molecular complexity index is 746. The molecule has 25 heavy (non-hydrogen) atoms. The summed E-state index contributed by atoms with van der Waals surface area (Å²) in [7, 11) is 0. The lowest BCUT2D eigenvalue weighted by Gasteiger charge is -2.17. The minimum absolute atomic E-state index is 0.193. The third kappa shape index (κ3) is 4.66. The minimum Gasteiger partial charge on any atom is -0.478 e. The second-order valence-electron chi connectivity index (χ2n) is 6.56. The molecular formula is C20H22N2O3. The Hall–Kier alpha value is -2.69. The number of benzene rings is 1. The maximum Gasteiger partial charge on any atom is 0.335 e. The molecular weight excluding hydrogens is 316 g/mol. The third-order valence-corrected chi connectivity index (χ3v) is 4.71. The number of hydrogen-bond donors (Lipinski definition) is 1. The number of hydrogen-bond acceptors (Lipinski definition) is 3. The number of aryl methyl sites for hydroxylation is 1. The molecule has 1 amide bonds. The number of aromatic carboxylic acids is 1. The molecule has 1 N–H and O–H groups in total. The summed E-state index contributed by atoms with van der Waals surface area (Å²) >= 11 is 0. The lowest BCUT2D eigenvalue weighted by molar-refractivity contribution is -0.130. The SMILES string of the molecule is O=C(O)c1cccc(CC2CCN(C(=O)CCc3ccncc3)C2)c1. The van der Waals surface area contributed by atoms with Crippen LogP contribution in [0.5, 0.6) is 0 Å². The molecule has 0 bridgehead atoms. The fourth-order valence-corrected chi connectivity index (χ4v) is 3.35. The number of carbonyl (C=O) groups is 2. The first-order valence-electron chi connectivity index (χ1n) is 8.61. The number of carboxylic acids is 1. The average molecular weight is 338 g/mol. The third-order valence-electron chi connectivity index (χ3n) is 4.71. The van der Waals surface area contributed by atoms with Crippen molar-refractivity contribution in [1.29, 1.82) is 0 Å². The van der Waals surface area contributed by atoms with Crippen molar-refractivity contribution in [2.24, 2.45) is 5.92 Å². The summed E-state index contributed by atoms with van der Waals surface area (Å²) in [5.41, 5.74) is 2.47. The summed E-state index contributed by atoms with van der Waals surface area (Å²) in [4.78, 5) is 29.4. The fraction of sp³-hybridized carbons (Fsp3) is 0.350. The molecule has 1 saturated heterocycles. The van der Waals surface area contributed by atoms with Crippen molar-refractivity contribution in [2.75, 3.05) is 13.1 Å². The first kappa shape index (κ1) is 17.1. The van der Waals surface area contributed by atoms with Gasteiger partial charge in [-0.25, -0.2) is 4.79 Å². The van der Waals surface area contributed by atoms with Gasteiger partial charge in [0, 0.05) is 31.9 Å². The highest BCUT2D eigenvalue weighted by Gasteiger charge is 2.26. The van der Waals surface area contributed by atoms with Gasteiger partial charge >= 0.3 is 5.97 Å². The number of rotatable bonds is 6. The Labute approximate surface area is 147 Å². The molecule has 2 aromatic rings. The van der Waals surface area contributed by atoms with E-state index in [0.29, 0.717) is 17.9 Å². The number of likely N-dealkylation sites (tertiary alicyclic amines) is 1. The Morgan fingerprint density at radius 1 is 1.16 bits per heavy atom. The van der Waals surface area contributed by atoms with Crippen LogP contribution in [0.4, 0.5) is 0 Å². The predicted octanol–water partition coefficient (Wildman–Crippen LogP) is 2.80. The van der Waals surface area contributed by atoms with Gasteiger partial charge in [0.2, 0.25) is 5.91 Å². The molecule has 1 aliphatic heterocycles. The first-order chi connectivity index (χ1) is 12.1. The Morgan fingerprint density at radius 3 is 2.72 bits per heavy atom. The fourth-order valence-electron chi connectivity index (χ4n) is 3.35. The Balaban J connectivity index is 1.50. The molecule has 0 aliphatic carbocycles. The number of carboxylic acid groups (broad SMARTS) is 1. The van der Waals surface area contributed by atoms with Crippen LogP contribution in [0.2, 0.25) is 0 Å². The second-order valence-corrected chi connectivity index (χ2v) is 6.56. The molecule has 0 saturated carbocycles. The molecule has 5 heteroatoms. The standard InChI is InChI=1S/C20H22N2O3/c23-19(5-4-15-6-9-21-10-7-15)22-11-8-17(14-22)12-16-2-1-3-18(13-16)20(24)25/h1-3,6-7,9-10,13,17H,4-5,8,11-12,14H2,(H,24,25). The summed E-state index contributed by atoms with van der Waals surface area (Å²) in [6.07, 6.45) is 6.54. The second kappa shape index (κ2) is 7.92. The van der Waals surface area contributed by atoms with Gasteiger partial charge in [-0.3, -0.25) is 9.78 Å². The number of pyridine rings is 1. The van der Waals surface area contributed by atoms with E-state index in [0.717, 1.165) is 43.5 Å². The normalized spacial score (nSPS) is 16.8. The largest absolute Gasteiger partial charge is 0.478 e. The van der Waals surface area contributed by atoms with Crippen LogP contribution < -0.4 is 0 Å². The van der Waals surface area contributed by atoms with E-state index in [1.54, 1.807) is 30.6 Å². The molecule has 2 heterocycles. The molecule has 1 aromatic heterocycles. The molecule has 1 aromatic carbocycles. The Kier molecular flexibility index (Phi) is 5.43. The van der Waals surface area contributed by atoms with Gasteiger partial charge in [-0.05, 0) is 60.6 Å². The van der Waals surface area contributed by atoms with Crippen molar-refractivity contribution in [1.82, 2.24) is 9.88 Å². The number of aromatic nitrogens is 1. The van der Waals surface area contributed by atoms with Gasteiger partial charge in [-0.2, -0.15) is 0 Å². The summed E-state index contributed by atoms with van der Waals surface area (Å²) < 4.78 is 0. The topological polar surface area (TPSA) is 70.5 Å². The zero-order valence-corrected chi connectivity index (χ0v) is 14.1. The molecule has 1 aliphatic rings. The van der Waals surface area contributed by atoms with E-state index < -0.39 is 5.97 Å². The summed E-state index contributed by atoms with van der Waals surface area (Å²) in [6.45, 7) is 1.55. The number of nitrogens with zero attached hydrogens (tertiary/aromatic N) is 2. The van der Waals surface area contributed by atoms with Crippen LogP contribution in [-0.4, -0.2) is 40.0 Å². The average Bonchev–Trinajstić information content (AvgIpc) is 3.09. The lowest BCUT2D eigenvalue weighted by Crippen LogP contribution is -2.29. The summed E-state index contributed by atoms with van der Waals surface area (Å²) in [6, 6.07) is 11.0. The predicted molar refractivity (Wildman–Crippen MR) is 94.4 cm³/mol. The highest BCUT2D eigenvalue weighted by atomic mass is 16.4. The first-order valence-corrected chi connectivity index (χ1v) is 8.61. The van der Waals surface area contributed by atoms with Crippen LogP contribution in [0.3, 0.4) is 0 Å². The van der Waals surface area contributed by atoms with Gasteiger partial charge in [0.05, 0.1) is 5.56 Å². The van der Waals surface area contributed by atoms with E-state index in [-0.39, 0.29) is 5.91 Å². The van der Waals surface area contributed by atoms with Gasteiger partial charge < -0.3 is 10.0 Å². The lowest BCUT2D eigenvalue weighted by atomic mass is 9.97. The van der Waals surface area contributed by atoms with Crippen molar-refractivity contribution >= 4 is 11.9 Å². The van der Waals surface area contributed by atoms with Gasteiger partial charge in [-0.1, -0.05) is 12.1 Å². The van der Waals surface area contributed by atoms with Crippen molar-refractivity contribution in [3.05, 3.63) is 65.5 Å². The van der Waals surface area contributed by atoms with Gasteiger partial charge in [0.25, 0.3) is 0 Å². The number of amides is 1. The minimum atomic E-state index is -0.902. The van der Waals surface area contributed by atoms with E-state index >= 15 is 0 Å². The van der Waals surface area contributed by atoms with Crippen LogP contribution in [-0.2, 0) is 17.6 Å². The molecule has 3 rings (SSSR count). The zero-order valence-electron chi connectivity index (χ0n) is 14.1. The zero-order chi connectivity index (χ0) is 17.6. The smallest absolute Gasteiger partial charge is 0.335 e. The molecule has 1 fully saturated rings. The molecule has 0 spiro atoms. The van der Waals surface area contributed by atoms with Crippen LogP contribution >= 0.6 is 0 Å². The van der Waals surface area contributed by atoms with Crippen LogP contribution in [0.15, 0.2) is 48.8 Å². The Morgan fingerprint density at radius 2 is 1.96 bits per heavy atom. The van der Waals surface area contributed by atoms with E-state index in [9.17, 15) is 9.59 Å². The highest BCUT2D eigenvalue weighted by Crippen LogP contribution is 2.22. The van der Waals surface area contributed by atoms with Gasteiger partial charge in [-0.15, -0.1) is 0 Å². The van der Waals surface area contributed by atoms with Crippen molar-refractivity contribution in [2.45, 2.75) is 25.7 Å². The quantitative estimate of drug-likeness (QED) is 0.879. The van der Waals surface area contributed by atoms with E-state index in [2.05, 4.69) is 4.98 Å². The van der Waals surface area contributed by atoms with Gasteiger partial charge in [0.1, 0.15) is 0 Å². The highest BCUT2D eigenvalue weighted by molar-refractivity contribution is 5.87. The van der Waals surface area contributed by atoms with Gasteiger partial charge in [0.15, 0.2) is 0 Å². The van der Waals surface area contributed by atoms with Crippen molar-refractivity contribution in [3.8, 4) is 0 Å². The molecule has 1 unspecified atom stereocenters. The molecule has 0 radical (unpaired) electrons. The molecule has 130 valence electrons. The maximum atomic E-state index is 12.4. The van der Waals surface area contributed by atoms with E-state index in [4.69, 9.17) is 5.11 Å². The van der Waals surface area contributed by atoms with Crippen LogP contribution in [0.1, 0.15) is 34.3 Å². The maximum absolute atomic E-state index is 12.4.